The Morgan fingerprint density at radius 3 is 3.25 bits per heavy atom. The summed E-state index contributed by atoms with van der Waals surface area (Å²) in [5.41, 5.74) is 4.15. The van der Waals surface area contributed by atoms with E-state index < -0.39 is 0 Å². The number of benzene rings is 1. The van der Waals surface area contributed by atoms with Gasteiger partial charge in [0.05, 0.1) is 6.61 Å². The van der Waals surface area contributed by atoms with Crippen LogP contribution in [-0.4, -0.2) is 26.3 Å². The maximum atomic E-state index is 5.29. The minimum absolute atomic E-state index is 0.791. The van der Waals surface area contributed by atoms with Crippen molar-refractivity contribution < 1.29 is 4.74 Å². The van der Waals surface area contributed by atoms with E-state index in [1.165, 1.54) is 16.8 Å². The van der Waals surface area contributed by atoms with Crippen LogP contribution in [0.25, 0.3) is 0 Å². The van der Waals surface area contributed by atoms with Crippen molar-refractivity contribution in [1.29, 1.82) is 0 Å². The third kappa shape index (κ3) is 2.74. The average molecular weight is 220 g/mol. The van der Waals surface area contributed by atoms with Crippen molar-refractivity contribution in [3.63, 3.8) is 0 Å². The summed E-state index contributed by atoms with van der Waals surface area (Å²) in [6.45, 7) is 6.52. The predicted octanol–water partition coefficient (Wildman–Crippen LogP) is 1.78. The van der Waals surface area contributed by atoms with Crippen LogP contribution in [0.3, 0.4) is 0 Å². The van der Waals surface area contributed by atoms with Crippen LogP contribution >= 0.6 is 0 Å². The minimum Gasteiger partial charge on any atom is -0.384 e. The van der Waals surface area contributed by atoms with Gasteiger partial charge in [-0.1, -0.05) is 18.2 Å². The second-order valence-corrected chi connectivity index (χ2v) is 4.00. The molecule has 1 aliphatic rings. The topological polar surface area (TPSA) is 33.3 Å². The normalized spacial score (nSPS) is 13.6. The molecule has 1 heterocycles. The highest BCUT2D eigenvalue weighted by atomic mass is 16.5. The summed E-state index contributed by atoms with van der Waals surface area (Å²) in [6, 6.07) is 6.54. The number of hydrogen-bond acceptors (Lipinski definition) is 3. The van der Waals surface area contributed by atoms with Gasteiger partial charge >= 0.3 is 0 Å². The number of rotatable bonds is 6. The minimum atomic E-state index is 0.791. The first-order chi connectivity index (χ1) is 7.92. The van der Waals surface area contributed by atoms with E-state index in [1.54, 1.807) is 0 Å². The maximum Gasteiger partial charge on any atom is 0.0590 e. The Labute approximate surface area is 97.2 Å². The highest BCUT2D eigenvalue weighted by molar-refractivity contribution is 5.61. The van der Waals surface area contributed by atoms with Gasteiger partial charge in [-0.25, -0.2) is 0 Å². The van der Waals surface area contributed by atoms with Crippen LogP contribution in [-0.2, 0) is 17.7 Å². The summed E-state index contributed by atoms with van der Waals surface area (Å²) in [6.07, 6.45) is 1.15. The van der Waals surface area contributed by atoms with E-state index in [0.717, 1.165) is 39.3 Å². The molecule has 0 amide bonds. The smallest absolute Gasteiger partial charge is 0.0590 e. The van der Waals surface area contributed by atoms with Gasteiger partial charge in [-0.05, 0) is 24.5 Å². The monoisotopic (exact) mass is 220 g/mol. The summed E-state index contributed by atoms with van der Waals surface area (Å²) < 4.78 is 5.29. The zero-order valence-corrected chi connectivity index (χ0v) is 9.88. The number of hydrogen-bond donors (Lipinski definition) is 2. The van der Waals surface area contributed by atoms with Gasteiger partial charge in [-0.15, -0.1) is 0 Å². The molecule has 16 heavy (non-hydrogen) atoms. The van der Waals surface area contributed by atoms with Crippen molar-refractivity contribution in [2.45, 2.75) is 19.9 Å². The molecule has 1 aromatic rings. The van der Waals surface area contributed by atoms with Crippen LogP contribution in [0.2, 0.25) is 0 Å². The quantitative estimate of drug-likeness (QED) is 0.717. The second kappa shape index (κ2) is 5.87. The predicted molar refractivity (Wildman–Crippen MR) is 66.8 cm³/mol. The molecule has 1 aliphatic heterocycles. The van der Waals surface area contributed by atoms with E-state index >= 15 is 0 Å². The summed E-state index contributed by atoms with van der Waals surface area (Å²) in [5.74, 6) is 0. The third-order valence-electron chi connectivity index (χ3n) is 2.88. The highest BCUT2D eigenvalue weighted by Crippen LogP contribution is 2.25. The van der Waals surface area contributed by atoms with Gasteiger partial charge in [0.25, 0.3) is 0 Å². The molecule has 2 N–H and O–H groups in total. The molecule has 3 heteroatoms. The summed E-state index contributed by atoms with van der Waals surface area (Å²) in [7, 11) is 0. The first kappa shape index (κ1) is 11.4. The zero-order valence-electron chi connectivity index (χ0n) is 9.88. The fourth-order valence-electron chi connectivity index (χ4n) is 2.07. The Hall–Kier alpha value is -1.06. The highest BCUT2D eigenvalue weighted by Gasteiger charge is 2.12. The lowest BCUT2D eigenvalue weighted by atomic mass is 10.1. The number of fused-ring (bicyclic) bond motifs is 1. The molecule has 0 saturated heterocycles. The number of nitrogens with one attached hydrogen (secondary N) is 2. The molecule has 0 saturated carbocycles. The molecule has 0 unspecified atom stereocenters. The molecule has 0 spiro atoms. The second-order valence-electron chi connectivity index (χ2n) is 4.00. The lowest BCUT2D eigenvalue weighted by Gasteiger charge is -2.10. The largest absolute Gasteiger partial charge is 0.384 e. The van der Waals surface area contributed by atoms with Gasteiger partial charge in [-0.3, -0.25) is 0 Å². The Morgan fingerprint density at radius 1 is 1.44 bits per heavy atom. The molecule has 0 fully saturated rings. The van der Waals surface area contributed by atoms with Crippen molar-refractivity contribution >= 4 is 5.69 Å². The molecule has 0 atom stereocenters. The van der Waals surface area contributed by atoms with Crippen LogP contribution in [0, 0.1) is 0 Å². The van der Waals surface area contributed by atoms with Crippen LogP contribution in [0.1, 0.15) is 18.1 Å². The van der Waals surface area contributed by atoms with Gasteiger partial charge in [0.2, 0.25) is 0 Å². The van der Waals surface area contributed by atoms with E-state index in [9.17, 15) is 0 Å². The molecule has 3 nitrogen and oxygen atoms in total. The summed E-state index contributed by atoms with van der Waals surface area (Å²) in [5, 5.41) is 6.85. The lowest BCUT2D eigenvalue weighted by Crippen LogP contribution is -2.19. The first-order valence-corrected chi connectivity index (χ1v) is 6.05. The number of anilines is 1. The Morgan fingerprint density at radius 2 is 2.38 bits per heavy atom. The van der Waals surface area contributed by atoms with Crippen LogP contribution in [0.15, 0.2) is 18.2 Å². The number of para-hydroxylation sites is 1. The Kier molecular flexibility index (Phi) is 4.19. The maximum absolute atomic E-state index is 5.29. The Bertz CT molecular complexity index is 339. The third-order valence-corrected chi connectivity index (χ3v) is 2.88. The SMILES string of the molecule is CCOCCNCc1cccc2c1NCC2. The van der Waals surface area contributed by atoms with Crippen molar-refractivity contribution in [2.24, 2.45) is 0 Å². The molecule has 0 aromatic heterocycles. The van der Waals surface area contributed by atoms with Crippen molar-refractivity contribution in [1.82, 2.24) is 5.32 Å². The van der Waals surface area contributed by atoms with Gasteiger partial charge in [0.15, 0.2) is 0 Å². The van der Waals surface area contributed by atoms with Gasteiger partial charge in [-0.2, -0.15) is 0 Å². The van der Waals surface area contributed by atoms with Crippen molar-refractivity contribution in [2.75, 3.05) is 31.6 Å². The molecule has 2 rings (SSSR count). The van der Waals surface area contributed by atoms with E-state index in [4.69, 9.17) is 4.74 Å². The molecule has 1 aromatic carbocycles. The number of ether oxygens (including phenoxy) is 1. The first-order valence-electron chi connectivity index (χ1n) is 6.05. The van der Waals surface area contributed by atoms with E-state index in [1.807, 2.05) is 6.92 Å². The molecule has 0 aliphatic carbocycles. The lowest BCUT2D eigenvalue weighted by molar-refractivity contribution is 0.149. The zero-order chi connectivity index (χ0) is 11.2. The molecular formula is C13H20N2O. The molecule has 0 bridgehead atoms. The van der Waals surface area contributed by atoms with Crippen molar-refractivity contribution in [3.8, 4) is 0 Å². The summed E-state index contributed by atoms with van der Waals surface area (Å²) >= 11 is 0. The summed E-state index contributed by atoms with van der Waals surface area (Å²) in [4.78, 5) is 0. The van der Waals surface area contributed by atoms with Crippen LogP contribution < -0.4 is 10.6 Å². The fraction of sp³-hybridized carbons (Fsp3) is 0.538. The van der Waals surface area contributed by atoms with E-state index in [0.29, 0.717) is 0 Å². The van der Waals surface area contributed by atoms with E-state index in [2.05, 4.69) is 28.8 Å². The fourth-order valence-corrected chi connectivity index (χ4v) is 2.07. The van der Waals surface area contributed by atoms with Gasteiger partial charge in [0.1, 0.15) is 0 Å². The van der Waals surface area contributed by atoms with Crippen LogP contribution in [0.4, 0.5) is 5.69 Å². The Balaban J connectivity index is 1.83. The van der Waals surface area contributed by atoms with Crippen molar-refractivity contribution in [3.05, 3.63) is 29.3 Å². The van der Waals surface area contributed by atoms with Gasteiger partial charge < -0.3 is 15.4 Å². The molecule has 88 valence electrons. The molecule has 0 radical (unpaired) electrons. The van der Waals surface area contributed by atoms with Crippen LogP contribution in [0.5, 0.6) is 0 Å². The average Bonchev–Trinajstić information content (AvgIpc) is 2.77. The standard InChI is InChI=1S/C13H20N2O/c1-2-16-9-8-14-10-12-5-3-4-11-6-7-15-13(11)12/h3-5,14-15H,2,6-10H2,1H3. The van der Waals surface area contributed by atoms with Gasteiger partial charge in [0, 0.05) is 31.9 Å². The molecular weight excluding hydrogens is 200 g/mol. The van der Waals surface area contributed by atoms with E-state index in [-0.39, 0.29) is 0 Å².